The van der Waals surface area contributed by atoms with E-state index in [0.717, 1.165) is 54.2 Å². The van der Waals surface area contributed by atoms with Crippen molar-refractivity contribution in [3.63, 3.8) is 0 Å². The summed E-state index contributed by atoms with van der Waals surface area (Å²) in [6.07, 6.45) is 5.20. The van der Waals surface area contributed by atoms with Gasteiger partial charge in [0.2, 0.25) is 5.91 Å². The van der Waals surface area contributed by atoms with Gasteiger partial charge < -0.3 is 15.7 Å². The first-order chi connectivity index (χ1) is 14.8. The highest BCUT2D eigenvalue weighted by molar-refractivity contribution is 7.11. The van der Waals surface area contributed by atoms with Gasteiger partial charge in [0.1, 0.15) is 5.60 Å². The molecule has 2 aliphatic rings. The summed E-state index contributed by atoms with van der Waals surface area (Å²) in [6.45, 7) is 5.51. The number of aryl methyl sites for hydroxylation is 2. The summed E-state index contributed by atoms with van der Waals surface area (Å²) >= 11 is 1.58. The van der Waals surface area contributed by atoms with Gasteiger partial charge in [-0.3, -0.25) is 14.5 Å². The molecule has 3 N–H and O–H groups in total. The van der Waals surface area contributed by atoms with Crippen LogP contribution in [0.25, 0.3) is 0 Å². The largest absolute Gasteiger partial charge is 0.384 e. The highest BCUT2D eigenvalue weighted by Gasteiger charge is 2.41. The van der Waals surface area contributed by atoms with Crippen molar-refractivity contribution in [1.29, 1.82) is 0 Å². The molecule has 0 bridgehead atoms. The first-order valence-corrected chi connectivity index (χ1v) is 11.7. The van der Waals surface area contributed by atoms with Crippen molar-refractivity contribution in [3.8, 4) is 0 Å². The van der Waals surface area contributed by atoms with Crippen LogP contribution in [-0.4, -0.2) is 58.5 Å². The number of benzene rings is 1. The molecule has 2 fully saturated rings. The molecule has 0 atom stereocenters. The minimum absolute atomic E-state index is 0.0198. The molecule has 166 valence electrons. The lowest BCUT2D eigenvalue weighted by Crippen LogP contribution is -2.63. The molecule has 7 nitrogen and oxygen atoms in total. The molecule has 1 aliphatic carbocycles. The number of likely N-dealkylation sites (tertiary alicyclic amines) is 1. The quantitative estimate of drug-likeness (QED) is 0.637. The summed E-state index contributed by atoms with van der Waals surface area (Å²) in [5, 5.41) is 17.6. The van der Waals surface area contributed by atoms with Gasteiger partial charge in [0.15, 0.2) is 0 Å². The molecule has 2 heterocycles. The predicted octanol–water partition coefficient (Wildman–Crippen LogP) is 2.12. The second kappa shape index (κ2) is 9.06. The molecule has 4 rings (SSSR count). The molecular weight excluding hydrogens is 412 g/mol. The monoisotopic (exact) mass is 442 g/mol. The third kappa shape index (κ3) is 5.14. The fourth-order valence-corrected chi connectivity index (χ4v) is 5.42. The number of thiazole rings is 1. The van der Waals surface area contributed by atoms with Gasteiger partial charge >= 0.3 is 0 Å². The average Bonchev–Trinajstić information content (AvgIpc) is 3.17. The van der Waals surface area contributed by atoms with Crippen LogP contribution in [0.15, 0.2) is 30.5 Å². The van der Waals surface area contributed by atoms with Crippen LogP contribution in [0.2, 0.25) is 0 Å². The number of hydrogen-bond acceptors (Lipinski definition) is 6. The van der Waals surface area contributed by atoms with Crippen molar-refractivity contribution in [2.24, 2.45) is 0 Å². The summed E-state index contributed by atoms with van der Waals surface area (Å²) in [7, 11) is 0. The molecule has 0 unspecified atom stereocenters. The van der Waals surface area contributed by atoms with E-state index >= 15 is 0 Å². The van der Waals surface area contributed by atoms with Crippen molar-refractivity contribution in [2.45, 2.75) is 57.2 Å². The van der Waals surface area contributed by atoms with E-state index in [4.69, 9.17) is 0 Å². The maximum Gasteiger partial charge on any atom is 0.251 e. The van der Waals surface area contributed by atoms with Crippen LogP contribution in [0.4, 0.5) is 0 Å². The molecule has 2 aromatic rings. The molecule has 1 saturated heterocycles. The Labute approximate surface area is 186 Å². The van der Waals surface area contributed by atoms with Gasteiger partial charge in [0, 0.05) is 30.9 Å². The Balaban J connectivity index is 1.16. The summed E-state index contributed by atoms with van der Waals surface area (Å²) in [4.78, 5) is 32.0. The van der Waals surface area contributed by atoms with E-state index in [1.54, 1.807) is 23.5 Å². The normalized spacial score (nSPS) is 24.4. The van der Waals surface area contributed by atoms with Gasteiger partial charge in [0.05, 0.1) is 22.5 Å². The van der Waals surface area contributed by atoms with Crippen molar-refractivity contribution in [2.75, 3.05) is 19.6 Å². The average molecular weight is 443 g/mol. The number of aliphatic hydroxyl groups is 1. The SMILES string of the molecule is Cc1cccc(C(=O)NCC(=O)NC2CN(C3CCC(O)(c4cnc(C)s4)CC3)C2)c1. The standard InChI is InChI=1S/C23H30N4O3S/c1-15-4-3-5-17(10-15)22(29)25-12-21(28)26-18-13-27(14-18)19-6-8-23(30,9-7-19)20-11-24-16(2)31-20/h3-5,10-11,18-19,30H,6-9,12-14H2,1-2H3,(H,25,29)(H,26,28). The van der Waals surface area contributed by atoms with Gasteiger partial charge in [-0.1, -0.05) is 17.7 Å². The topological polar surface area (TPSA) is 94.6 Å². The number of nitrogens with zero attached hydrogens (tertiary/aromatic N) is 2. The Morgan fingerprint density at radius 3 is 2.65 bits per heavy atom. The van der Waals surface area contributed by atoms with E-state index in [0.29, 0.717) is 11.6 Å². The second-order valence-electron chi connectivity index (χ2n) is 8.78. The van der Waals surface area contributed by atoms with E-state index in [1.165, 1.54) is 0 Å². The van der Waals surface area contributed by atoms with E-state index < -0.39 is 5.60 Å². The van der Waals surface area contributed by atoms with Crippen molar-refractivity contribution < 1.29 is 14.7 Å². The molecule has 1 saturated carbocycles. The predicted molar refractivity (Wildman–Crippen MR) is 120 cm³/mol. The zero-order valence-electron chi connectivity index (χ0n) is 18.1. The first kappa shape index (κ1) is 21.9. The highest BCUT2D eigenvalue weighted by atomic mass is 32.1. The van der Waals surface area contributed by atoms with Crippen LogP contribution < -0.4 is 10.6 Å². The highest BCUT2D eigenvalue weighted by Crippen LogP contribution is 2.41. The molecule has 0 radical (unpaired) electrons. The van der Waals surface area contributed by atoms with Crippen LogP contribution in [0, 0.1) is 13.8 Å². The lowest BCUT2D eigenvalue weighted by molar-refractivity contribution is -0.122. The first-order valence-electron chi connectivity index (χ1n) is 10.9. The minimum Gasteiger partial charge on any atom is -0.384 e. The number of carbonyl (C=O) groups is 2. The van der Waals surface area contributed by atoms with Gasteiger partial charge in [-0.2, -0.15) is 0 Å². The molecule has 2 amide bonds. The molecule has 8 heteroatoms. The van der Waals surface area contributed by atoms with Crippen molar-refractivity contribution >= 4 is 23.2 Å². The molecule has 1 aromatic heterocycles. The molecule has 1 aliphatic heterocycles. The maximum atomic E-state index is 12.2. The lowest BCUT2D eigenvalue weighted by atomic mass is 9.80. The fourth-order valence-electron chi connectivity index (χ4n) is 4.50. The zero-order valence-corrected chi connectivity index (χ0v) is 18.9. The van der Waals surface area contributed by atoms with Crippen LogP contribution >= 0.6 is 11.3 Å². The number of carbonyl (C=O) groups excluding carboxylic acids is 2. The van der Waals surface area contributed by atoms with Crippen LogP contribution in [0.3, 0.4) is 0 Å². The van der Waals surface area contributed by atoms with E-state index in [1.807, 2.05) is 32.2 Å². The molecule has 0 spiro atoms. The van der Waals surface area contributed by atoms with Gasteiger partial charge in [0.25, 0.3) is 5.91 Å². The minimum atomic E-state index is -0.740. The van der Waals surface area contributed by atoms with Crippen LogP contribution in [-0.2, 0) is 10.4 Å². The van der Waals surface area contributed by atoms with Gasteiger partial charge in [-0.25, -0.2) is 4.98 Å². The Morgan fingerprint density at radius 1 is 1.26 bits per heavy atom. The van der Waals surface area contributed by atoms with E-state index in [2.05, 4.69) is 20.5 Å². The third-order valence-electron chi connectivity index (χ3n) is 6.34. The maximum absolute atomic E-state index is 12.2. The lowest BCUT2D eigenvalue weighted by Gasteiger charge is -2.48. The number of amides is 2. The Kier molecular flexibility index (Phi) is 6.41. The Morgan fingerprint density at radius 2 is 2.00 bits per heavy atom. The molecular formula is C23H30N4O3S. The van der Waals surface area contributed by atoms with Gasteiger partial charge in [-0.05, 0) is 51.7 Å². The Hall–Kier alpha value is -2.29. The summed E-state index contributed by atoms with van der Waals surface area (Å²) < 4.78 is 0. The number of rotatable bonds is 6. The van der Waals surface area contributed by atoms with Crippen LogP contribution in [0.1, 0.15) is 51.5 Å². The van der Waals surface area contributed by atoms with E-state index in [9.17, 15) is 14.7 Å². The molecule has 31 heavy (non-hydrogen) atoms. The zero-order chi connectivity index (χ0) is 22.0. The van der Waals surface area contributed by atoms with Gasteiger partial charge in [-0.15, -0.1) is 11.3 Å². The number of hydrogen-bond donors (Lipinski definition) is 3. The Bertz CT molecular complexity index is 946. The fraction of sp³-hybridized carbons (Fsp3) is 0.522. The second-order valence-corrected chi connectivity index (χ2v) is 10.0. The molecule has 1 aromatic carbocycles. The smallest absolute Gasteiger partial charge is 0.251 e. The van der Waals surface area contributed by atoms with Crippen LogP contribution in [0.5, 0.6) is 0 Å². The third-order valence-corrected chi connectivity index (χ3v) is 7.45. The summed E-state index contributed by atoms with van der Waals surface area (Å²) in [6, 6.07) is 7.87. The van der Waals surface area contributed by atoms with Crippen molar-refractivity contribution in [3.05, 3.63) is 51.5 Å². The summed E-state index contributed by atoms with van der Waals surface area (Å²) in [5.41, 5.74) is 0.833. The number of nitrogens with one attached hydrogen (secondary N) is 2. The van der Waals surface area contributed by atoms with E-state index in [-0.39, 0.29) is 24.4 Å². The summed E-state index contributed by atoms with van der Waals surface area (Å²) in [5.74, 6) is -0.399. The number of aromatic nitrogens is 1. The van der Waals surface area contributed by atoms with Crippen molar-refractivity contribution in [1.82, 2.24) is 20.5 Å².